The summed E-state index contributed by atoms with van der Waals surface area (Å²) in [6.45, 7) is 5.29. The molecule has 2 N–H and O–H groups in total. The highest BCUT2D eigenvalue weighted by Crippen LogP contribution is 2.20. The molecule has 2 heteroatoms. The molecule has 1 aliphatic heterocycles. The van der Waals surface area contributed by atoms with E-state index >= 15 is 0 Å². The van der Waals surface area contributed by atoms with Gasteiger partial charge in [-0.3, -0.25) is 4.90 Å². The number of nitrogens with zero attached hydrogens (tertiary/aromatic N) is 1. The molecule has 0 aromatic heterocycles. The summed E-state index contributed by atoms with van der Waals surface area (Å²) in [6.07, 6.45) is 4.07. The molecule has 0 radical (unpaired) electrons. The van der Waals surface area contributed by atoms with Crippen LogP contribution in [0.25, 0.3) is 0 Å². The van der Waals surface area contributed by atoms with Crippen molar-refractivity contribution < 1.29 is 0 Å². The molecule has 1 heterocycles. The maximum Gasteiger partial charge on any atom is 0.0239 e. The van der Waals surface area contributed by atoms with Crippen LogP contribution in [0.3, 0.4) is 0 Å². The molecule has 1 unspecified atom stereocenters. The lowest BCUT2D eigenvalue weighted by atomic mass is 10.0. The third kappa shape index (κ3) is 2.63. The van der Waals surface area contributed by atoms with Gasteiger partial charge >= 0.3 is 0 Å². The maximum atomic E-state index is 5.77. The first kappa shape index (κ1) is 11.6. The SMILES string of the molecule is CC1CCCCN1Cc1ccccc1CN. The van der Waals surface area contributed by atoms with Crippen molar-refractivity contribution in [2.75, 3.05) is 6.54 Å². The summed E-state index contributed by atoms with van der Waals surface area (Å²) in [7, 11) is 0. The largest absolute Gasteiger partial charge is 0.326 e. The molecule has 1 aromatic rings. The lowest BCUT2D eigenvalue weighted by Gasteiger charge is -2.33. The fraction of sp³-hybridized carbons (Fsp3) is 0.571. The van der Waals surface area contributed by atoms with Crippen LogP contribution in [0.4, 0.5) is 0 Å². The van der Waals surface area contributed by atoms with Crippen LogP contribution in [0.5, 0.6) is 0 Å². The van der Waals surface area contributed by atoms with Crippen molar-refractivity contribution >= 4 is 0 Å². The Morgan fingerprint density at radius 3 is 2.69 bits per heavy atom. The van der Waals surface area contributed by atoms with Gasteiger partial charge in [0.05, 0.1) is 0 Å². The number of likely N-dealkylation sites (tertiary alicyclic amines) is 1. The van der Waals surface area contributed by atoms with Crippen LogP contribution >= 0.6 is 0 Å². The van der Waals surface area contributed by atoms with Crippen LogP contribution in [0.2, 0.25) is 0 Å². The van der Waals surface area contributed by atoms with E-state index < -0.39 is 0 Å². The molecular weight excluding hydrogens is 196 g/mol. The van der Waals surface area contributed by atoms with Crippen LogP contribution in [0.15, 0.2) is 24.3 Å². The van der Waals surface area contributed by atoms with Crippen LogP contribution in [-0.4, -0.2) is 17.5 Å². The second-order valence-electron chi connectivity index (χ2n) is 4.79. The highest BCUT2D eigenvalue weighted by molar-refractivity contribution is 5.26. The highest BCUT2D eigenvalue weighted by Gasteiger charge is 2.18. The first-order chi connectivity index (χ1) is 7.81. The van der Waals surface area contributed by atoms with Gasteiger partial charge in [0.25, 0.3) is 0 Å². The van der Waals surface area contributed by atoms with E-state index in [1.165, 1.54) is 36.9 Å². The zero-order valence-corrected chi connectivity index (χ0v) is 10.2. The van der Waals surface area contributed by atoms with E-state index in [1.807, 2.05) is 0 Å². The quantitative estimate of drug-likeness (QED) is 0.844. The van der Waals surface area contributed by atoms with Gasteiger partial charge in [-0.1, -0.05) is 30.7 Å². The topological polar surface area (TPSA) is 29.3 Å². The van der Waals surface area contributed by atoms with Gasteiger partial charge in [0.2, 0.25) is 0 Å². The summed E-state index contributed by atoms with van der Waals surface area (Å²) in [5, 5.41) is 0. The summed E-state index contributed by atoms with van der Waals surface area (Å²) in [6, 6.07) is 9.27. The molecule has 0 spiro atoms. The first-order valence-electron chi connectivity index (χ1n) is 6.32. The zero-order valence-electron chi connectivity index (χ0n) is 10.2. The molecule has 16 heavy (non-hydrogen) atoms. The number of benzene rings is 1. The van der Waals surface area contributed by atoms with E-state index in [4.69, 9.17) is 5.73 Å². The standard InChI is InChI=1S/C14H22N2/c1-12-6-4-5-9-16(12)11-14-8-3-2-7-13(14)10-15/h2-3,7-8,12H,4-6,9-11,15H2,1H3. The summed E-state index contributed by atoms with van der Waals surface area (Å²) < 4.78 is 0. The lowest BCUT2D eigenvalue weighted by molar-refractivity contribution is 0.152. The number of rotatable bonds is 3. The normalized spacial score (nSPS) is 22.2. The Balaban J connectivity index is 2.07. The highest BCUT2D eigenvalue weighted by atomic mass is 15.2. The van der Waals surface area contributed by atoms with Crippen LogP contribution < -0.4 is 5.73 Å². The Labute approximate surface area is 98.4 Å². The molecule has 1 saturated heterocycles. The van der Waals surface area contributed by atoms with Gasteiger partial charge in [0, 0.05) is 19.1 Å². The summed E-state index contributed by atoms with van der Waals surface area (Å²) in [5.41, 5.74) is 8.47. The van der Waals surface area contributed by atoms with E-state index in [-0.39, 0.29) is 0 Å². The Morgan fingerprint density at radius 1 is 1.25 bits per heavy atom. The predicted molar refractivity (Wildman–Crippen MR) is 68.1 cm³/mol. The number of piperidine rings is 1. The first-order valence-corrected chi connectivity index (χ1v) is 6.32. The average Bonchev–Trinajstić information content (AvgIpc) is 2.33. The molecule has 88 valence electrons. The monoisotopic (exact) mass is 218 g/mol. The van der Waals surface area contributed by atoms with Crippen molar-refractivity contribution in [1.82, 2.24) is 4.90 Å². The van der Waals surface area contributed by atoms with Gasteiger partial charge in [0.1, 0.15) is 0 Å². The fourth-order valence-electron chi connectivity index (χ4n) is 2.52. The van der Waals surface area contributed by atoms with E-state index in [0.717, 1.165) is 12.6 Å². The van der Waals surface area contributed by atoms with Crippen molar-refractivity contribution in [3.63, 3.8) is 0 Å². The molecule has 1 fully saturated rings. The lowest BCUT2D eigenvalue weighted by Crippen LogP contribution is -2.37. The summed E-state index contributed by atoms with van der Waals surface area (Å²) in [4.78, 5) is 2.58. The Morgan fingerprint density at radius 2 is 2.00 bits per heavy atom. The maximum absolute atomic E-state index is 5.77. The smallest absolute Gasteiger partial charge is 0.0239 e. The second kappa shape index (κ2) is 5.46. The molecule has 2 rings (SSSR count). The molecule has 1 atom stereocenters. The average molecular weight is 218 g/mol. The van der Waals surface area contributed by atoms with Crippen LogP contribution in [0, 0.1) is 0 Å². The minimum absolute atomic E-state index is 0.651. The van der Waals surface area contributed by atoms with Crippen molar-refractivity contribution in [2.45, 2.75) is 45.3 Å². The molecule has 1 aliphatic rings. The molecule has 0 amide bonds. The summed E-state index contributed by atoms with van der Waals surface area (Å²) in [5.74, 6) is 0. The second-order valence-corrected chi connectivity index (χ2v) is 4.79. The van der Waals surface area contributed by atoms with Gasteiger partial charge in [-0.25, -0.2) is 0 Å². The number of hydrogen-bond acceptors (Lipinski definition) is 2. The minimum atomic E-state index is 0.651. The third-order valence-electron chi connectivity index (χ3n) is 3.65. The van der Waals surface area contributed by atoms with E-state index in [0.29, 0.717) is 6.54 Å². The van der Waals surface area contributed by atoms with Crippen LogP contribution in [0.1, 0.15) is 37.3 Å². The Bertz CT molecular complexity index is 335. The molecule has 1 aromatic carbocycles. The predicted octanol–water partition coefficient (Wildman–Crippen LogP) is 2.52. The number of nitrogens with two attached hydrogens (primary N) is 1. The molecule has 0 aliphatic carbocycles. The van der Waals surface area contributed by atoms with Gasteiger partial charge in [-0.2, -0.15) is 0 Å². The van der Waals surface area contributed by atoms with E-state index in [9.17, 15) is 0 Å². The molecule has 2 nitrogen and oxygen atoms in total. The zero-order chi connectivity index (χ0) is 11.4. The molecular formula is C14H22N2. The van der Waals surface area contributed by atoms with E-state index in [2.05, 4.69) is 36.1 Å². The van der Waals surface area contributed by atoms with Crippen molar-refractivity contribution in [1.29, 1.82) is 0 Å². The van der Waals surface area contributed by atoms with Crippen LogP contribution in [-0.2, 0) is 13.1 Å². The Kier molecular flexibility index (Phi) is 3.97. The minimum Gasteiger partial charge on any atom is -0.326 e. The van der Waals surface area contributed by atoms with Crippen molar-refractivity contribution in [3.8, 4) is 0 Å². The molecule has 0 bridgehead atoms. The number of hydrogen-bond donors (Lipinski definition) is 1. The summed E-state index contributed by atoms with van der Waals surface area (Å²) >= 11 is 0. The van der Waals surface area contributed by atoms with Gasteiger partial charge in [-0.05, 0) is 37.4 Å². The molecule has 0 saturated carbocycles. The van der Waals surface area contributed by atoms with Gasteiger partial charge in [0.15, 0.2) is 0 Å². The van der Waals surface area contributed by atoms with Gasteiger partial charge < -0.3 is 5.73 Å². The van der Waals surface area contributed by atoms with Gasteiger partial charge in [-0.15, -0.1) is 0 Å². The van der Waals surface area contributed by atoms with Crippen molar-refractivity contribution in [2.24, 2.45) is 5.73 Å². The fourth-order valence-corrected chi connectivity index (χ4v) is 2.52. The third-order valence-corrected chi connectivity index (χ3v) is 3.65. The van der Waals surface area contributed by atoms with Crippen molar-refractivity contribution in [3.05, 3.63) is 35.4 Å². The Hall–Kier alpha value is -0.860. The van der Waals surface area contributed by atoms with E-state index in [1.54, 1.807) is 0 Å².